The van der Waals surface area contributed by atoms with Gasteiger partial charge in [0, 0.05) is 18.4 Å². The largest absolute Gasteiger partial charge is 0.459 e. The smallest absolute Gasteiger partial charge is 0.312 e. The number of unbranched alkanes of at least 4 members (excludes halogenated alkanes) is 2. The van der Waals surface area contributed by atoms with Crippen molar-refractivity contribution in [3.8, 4) is 0 Å². The van der Waals surface area contributed by atoms with Crippen LogP contribution in [0.25, 0.3) is 10.9 Å². The van der Waals surface area contributed by atoms with E-state index in [1.807, 2.05) is 31.2 Å². The molecular formula is C18H22ClN3O3. The number of aromatic nitrogens is 1. The van der Waals surface area contributed by atoms with Gasteiger partial charge >= 0.3 is 12.0 Å². The molecule has 0 fully saturated rings. The highest BCUT2D eigenvalue weighted by Gasteiger charge is 2.12. The number of benzene rings is 1. The average Bonchev–Trinajstić information content (AvgIpc) is 2.59. The van der Waals surface area contributed by atoms with Crippen molar-refractivity contribution in [1.82, 2.24) is 10.3 Å². The van der Waals surface area contributed by atoms with Crippen LogP contribution in [0.1, 0.15) is 36.9 Å². The second-order valence-electron chi connectivity index (χ2n) is 5.78. The van der Waals surface area contributed by atoms with Gasteiger partial charge in [0.05, 0.1) is 16.2 Å². The fourth-order valence-electron chi connectivity index (χ4n) is 2.52. The summed E-state index contributed by atoms with van der Waals surface area (Å²) in [6.45, 7) is 2.50. The number of halogens is 1. The van der Waals surface area contributed by atoms with Crippen molar-refractivity contribution in [3.63, 3.8) is 0 Å². The van der Waals surface area contributed by atoms with E-state index in [0.717, 1.165) is 29.3 Å². The maximum atomic E-state index is 11.8. The summed E-state index contributed by atoms with van der Waals surface area (Å²) in [6, 6.07) is 7.18. The third kappa shape index (κ3) is 5.60. The molecule has 2 amide bonds. The van der Waals surface area contributed by atoms with Gasteiger partial charge in [0.25, 0.3) is 0 Å². The van der Waals surface area contributed by atoms with Gasteiger partial charge in [0.2, 0.25) is 0 Å². The Hall–Kier alpha value is -2.34. The number of primary amides is 1. The highest BCUT2D eigenvalue weighted by molar-refractivity contribution is 6.32. The Morgan fingerprint density at radius 2 is 2.00 bits per heavy atom. The molecule has 0 saturated heterocycles. The molecule has 2 rings (SSSR count). The minimum absolute atomic E-state index is 0.0621. The van der Waals surface area contributed by atoms with Gasteiger partial charge in [-0.1, -0.05) is 36.2 Å². The second-order valence-corrected chi connectivity index (χ2v) is 6.15. The fourth-order valence-corrected chi connectivity index (χ4v) is 2.72. The molecular weight excluding hydrogens is 342 g/mol. The van der Waals surface area contributed by atoms with Crippen LogP contribution in [0.3, 0.4) is 0 Å². The van der Waals surface area contributed by atoms with Gasteiger partial charge in [-0.2, -0.15) is 0 Å². The van der Waals surface area contributed by atoms with Gasteiger partial charge in [0.1, 0.15) is 6.61 Å². The first kappa shape index (κ1) is 19.0. The molecule has 1 heterocycles. The zero-order valence-electron chi connectivity index (χ0n) is 14.2. The molecule has 7 heteroatoms. The van der Waals surface area contributed by atoms with Crippen molar-refractivity contribution in [3.05, 3.63) is 40.5 Å². The Morgan fingerprint density at radius 3 is 2.76 bits per heavy atom. The number of ether oxygens (including phenoxy) is 1. The topological polar surface area (TPSA) is 94.3 Å². The third-order valence-corrected chi connectivity index (χ3v) is 4.37. The molecule has 0 atom stereocenters. The van der Waals surface area contributed by atoms with E-state index in [9.17, 15) is 9.59 Å². The van der Waals surface area contributed by atoms with Gasteiger partial charge in [-0.25, -0.2) is 9.78 Å². The Balaban J connectivity index is 1.81. The molecule has 0 radical (unpaired) electrons. The van der Waals surface area contributed by atoms with Gasteiger partial charge in [-0.15, -0.1) is 0 Å². The summed E-state index contributed by atoms with van der Waals surface area (Å²) in [6.07, 6.45) is 2.59. The quantitative estimate of drug-likeness (QED) is 0.554. The van der Waals surface area contributed by atoms with Gasteiger partial charge < -0.3 is 15.8 Å². The van der Waals surface area contributed by atoms with E-state index in [-0.39, 0.29) is 12.6 Å². The van der Waals surface area contributed by atoms with Crippen LogP contribution >= 0.6 is 11.6 Å². The van der Waals surface area contributed by atoms with Gasteiger partial charge in [0.15, 0.2) is 0 Å². The van der Waals surface area contributed by atoms with Crippen LogP contribution in [0, 0.1) is 6.92 Å². The zero-order chi connectivity index (χ0) is 18.2. The van der Waals surface area contributed by atoms with Gasteiger partial charge in [-0.05, 0) is 31.4 Å². The van der Waals surface area contributed by atoms with Crippen molar-refractivity contribution >= 4 is 34.5 Å². The molecule has 0 saturated carbocycles. The third-order valence-electron chi connectivity index (χ3n) is 3.87. The number of carbonyl (C=O) groups is 2. The highest BCUT2D eigenvalue weighted by Crippen LogP contribution is 2.27. The summed E-state index contributed by atoms with van der Waals surface area (Å²) in [4.78, 5) is 26.8. The number of urea groups is 1. The number of rotatable bonds is 8. The molecule has 0 aliphatic rings. The molecule has 0 aliphatic carbocycles. The first-order chi connectivity index (χ1) is 12.0. The number of nitrogens with one attached hydrogen (secondary N) is 1. The lowest BCUT2D eigenvalue weighted by molar-refractivity contribution is -0.145. The lowest BCUT2D eigenvalue weighted by Gasteiger charge is -2.10. The van der Waals surface area contributed by atoms with E-state index in [1.165, 1.54) is 0 Å². The minimum atomic E-state index is -0.533. The number of fused-ring (bicyclic) bond motifs is 1. The lowest BCUT2D eigenvalue weighted by Crippen LogP contribution is -2.29. The summed E-state index contributed by atoms with van der Waals surface area (Å²) in [7, 11) is 0. The molecule has 3 N–H and O–H groups in total. The molecule has 6 nitrogen and oxygen atoms in total. The number of hydrogen-bond acceptors (Lipinski definition) is 4. The molecule has 0 unspecified atom stereocenters. The normalized spacial score (nSPS) is 10.6. The Morgan fingerprint density at radius 1 is 1.24 bits per heavy atom. The predicted octanol–water partition coefficient (Wildman–Crippen LogP) is 3.47. The van der Waals surface area contributed by atoms with Crippen LogP contribution in [-0.2, 0) is 16.1 Å². The standard InChI is InChI=1S/C18H22ClN3O3/c1-12-13-7-4-5-8-14(13)22-15(17(12)19)11-25-16(23)9-3-2-6-10-21-18(20)24/h4-5,7-8H,2-3,6,9-11H2,1H3,(H3,20,21,24). The van der Waals surface area contributed by atoms with Crippen LogP contribution in [0.4, 0.5) is 4.79 Å². The van der Waals surface area contributed by atoms with Crippen LogP contribution < -0.4 is 11.1 Å². The van der Waals surface area contributed by atoms with E-state index in [2.05, 4.69) is 10.3 Å². The maximum Gasteiger partial charge on any atom is 0.312 e. The van der Waals surface area contributed by atoms with Crippen molar-refractivity contribution in [2.75, 3.05) is 6.54 Å². The van der Waals surface area contributed by atoms with Crippen molar-refractivity contribution in [2.24, 2.45) is 5.73 Å². The van der Waals surface area contributed by atoms with E-state index >= 15 is 0 Å². The minimum Gasteiger partial charge on any atom is -0.459 e. The summed E-state index contributed by atoms with van der Waals surface area (Å²) in [5.74, 6) is -0.286. The first-order valence-corrected chi connectivity index (χ1v) is 8.59. The summed E-state index contributed by atoms with van der Waals surface area (Å²) in [5.41, 5.74) is 7.30. The molecule has 25 heavy (non-hydrogen) atoms. The van der Waals surface area contributed by atoms with E-state index in [4.69, 9.17) is 22.1 Å². The highest BCUT2D eigenvalue weighted by atomic mass is 35.5. The summed E-state index contributed by atoms with van der Waals surface area (Å²) < 4.78 is 5.28. The molecule has 0 aliphatic heterocycles. The van der Waals surface area contributed by atoms with Crippen molar-refractivity contribution < 1.29 is 14.3 Å². The summed E-state index contributed by atoms with van der Waals surface area (Å²) in [5, 5.41) is 4.03. The van der Waals surface area contributed by atoms with Gasteiger partial charge in [-0.3, -0.25) is 4.79 Å². The number of nitrogens with two attached hydrogens (primary N) is 1. The number of hydrogen-bond donors (Lipinski definition) is 2. The molecule has 0 bridgehead atoms. The number of para-hydroxylation sites is 1. The molecule has 1 aromatic heterocycles. The van der Waals surface area contributed by atoms with Crippen LogP contribution in [-0.4, -0.2) is 23.5 Å². The number of pyridine rings is 1. The molecule has 2 aromatic rings. The first-order valence-electron chi connectivity index (χ1n) is 8.21. The Kier molecular flexibility index (Phi) is 7.01. The number of amides is 2. The average molecular weight is 364 g/mol. The monoisotopic (exact) mass is 363 g/mol. The fraction of sp³-hybridized carbons (Fsp3) is 0.389. The zero-order valence-corrected chi connectivity index (χ0v) is 14.9. The maximum absolute atomic E-state index is 11.8. The van der Waals surface area contributed by atoms with Crippen molar-refractivity contribution in [1.29, 1.82) is 0 Å². The summed E-state index contributed by atoms with van der Waals surface area (Å²) >= 11 is 6.34. The lowest BCUT2D eigenvalue weighted by atomic mass is 10.1. The SMILES string of the molecule is Cc1c(Cl)c(COC(=O)CCCCCNC(N)=O)nc2ccccc12. The van der Waals surface area contributed by atoms with Crippen LogP contribution in [0.2, 0.25) is 5.02 Å². The van der Waals surface area contributed by atoms with E-state index < -0.39 is 6.03 Å². The van der Waals surface area contributed by atoms with E-state index in [0.29, 0.717) is 30.1 Å². The van der Waals surface area contributed by atoms with Crippen LogP contribution in [0.5, 0.6) is 0 Å². The molecule has 1 aromatic carbocycles. The number of carbonyl (C=O) groups excluding carboxylic acids is 2. The van der Waals surface area contributed by atoms with Crippen LogP contribution in [0.15, 0.2) is 24.3 Å². The molecule has 134 valence electrons. The number of aryl methyl sites for hydroxylation is 1. The Bertz CT molecular complexity index is 765. The molecule has 0 spiro atoms. The number of esters is 1. The second kappa shape index (κ2) is 9.22. The van der Waals surface area contributed by atoms with Crippen molar-refractivity contribution in [2.45, 2.75) is 39.2 Å². The van der Waals surface area contributed by atoms with E-state index in [1.54, 1.807) is 0 Å². The Labute approximate surface area is 151 Å². The predicted molar refractivity (Wildman–Crippen MR) is 97.3 cm³/mol. The number of nitrogens with zero attached hydrogens (tertiary/aromatic N) is 1.